The Labute approximate surface area is 65.9 Å². The van der Waals surface area contributed by atoms with Gasteiger partial charge in [0.2, 0.25) is 0 Å². The highest BCUT2D eigenvalue weighted by molar-refractivity contribution is 7.57. The van der Waals surface area contributed by atoms with Gasteiger partial charge < -0.3 is 4.74 Å². The Morgan fingerprint density at radius 1 is 1.30 bits per heavy atom. The lowest BCUT2D eigenvalue weighted by Gasteiger charge is -2.17. The highest BCUT2D eigenvalue weighted by atomic mass is 31.1. The summed E-state index contributed by atoms with van der Waals surface area (Å²) in [5.74, 6) is 0. The lowest BCUT2D eigenvalue weighted by atomic mass is 10.5. The van der Waals surface area contributed by atoms with Crippen molar-refractivity contribution in [1.29, 1.82) is 0 Å². The minimum Gasteiger partial charge on any atom is -0.381 e. The van der Waals surface area contributed by atoms with Crippen LogP contribution in [0.25, 0.3) is 0 Å². The van der Waals surface area contributed by atoms with Gasteiger partial charge in [0, 0.05) is 7.11 Å². The molecule has 0 aromatic rings. The Bertz CT molecular complexity index is 71.7. The molecular weight excluding hydrogens is 143 g/mol. The first kappa shape index (κ1) is 10.4. The average Bonchev–Trinajstić information content (AvgIpc) is 1.99. The predicted octanol–water partition coefficient (Wildman–Crippen LogP) is 2.54. The largest absolute Gasteiger partial charge is 0.381 e. The van der Waals surface area contributed by atoms with Gasteiger partial charge in [-0.15, -0.1) is 7.92 Å². The molecule has 0 N–H and O–H groups in total. The van der Waals surface area contributed by atoms with Crippen LogP contribution in [-0.2, 0) is 4.74 Å². The van der Waals surface area contributed by atoms with E-state index in [1.165, 1.54) is 18.5 Å². The number of methoxy groups -OCH3 is 1. The van der Waals surface area contributed by atoms with Crippen LogP contribution < -0.4 is 0 Å². The number of rotatable bonds is 5. The summed E-state index contributed by atoms with van der Waals surface area (Å²) in [4.78, 5) is 0. The van der Waals surface area contributed by atoms with Crippen molar-refractivity contribution >= 4 is 7.92 Å². The third-order valence-corrected chi connectivity index (χ3v) is 4.63. The van der Waals surface area contributed by atoms with Crippen LogP contribution in [-0.4, -0.2) is 31.7 Å². The zero-order valence-electron chi connectivity index (χ0n) is 7.55. The second-order valence-electron chi connectivity index (χ2n) is 2.53. The first-order chi connectivity index (χ1) is 4.74. The van der Waals surface area contributed by atoms with Crippen molar-refractivity contribution in [2.75, 3.05) is 25.6 Å². The van der Waals surface area contributed by atoms with E-state index in [2.05, 4.69) is 20.8 Å². The maximum absolute atomic E-state index is 5.20. The summed E-state index contributed by atoms with van der Waals surface area (Å²) in [6.07, 6.45) is 4.43. The van der Waals surface area contributed by atoms with E-state index in [9.17, 15) is 0 Å². The van der Waals surface area contributed by atoms with Gasteiger partial charge >= 0.3 is 0 Å². The molecule has 0 amide bonds. The lowest BCUT2D eigenvalue weighted by molar-refractivity contribution is 0.137. The Morgan fingerprint density at radius 3 is 2.10 bits per heavy atom. The molecule has 0 aromatic carbocycles. The fraction of sp³-hybridized carbons (Fsp3) is 1.00. The Balaban J connectivity index is 3.41. The van der Waals surface area contributed by atoms with Crippen LogP contribution in [0.3, 0.4) is 0 Å². The molecule has 0 fully saturated rings. The third kappa shape index (κ3) is 4.24. The quantitative estimate of drug-likeness (QED) is 0.564. The zero-order valence-corrected chi connectivity index (χ0v) is 8.45. The highest BCUT2D eigenvalue weighted by Gasteiger charge is 2.06. The van der Waals surface area contributed by atoms with Gasteiger partial charge in [0.1, 0.15) is 0 Å². The standard InChI is InChI=1S/C8H19OP/c1-5-10(6-2)7-8(3)9-4/h8H,5-7H2,1-4H3. The molecule has 0 aliphatic rings. The summed E-state index contributed by atoms with van der Waals surface area (Å²) < 4.78 is 5.20. The van der Waals surface area contributed by atoms with Crippen LogP contribution in [0.2, 0.25) is 0 Å². The highest BCUT2D eigenvalue weighted by Crippen LogP contribution is 2.34. The minimum absolute atomic E-state index is 0.274. The number of hydrogen-bond acceptors (Lipinski definition) is 1. The van der Waals surface area contributed by atoms with Crippen LogP contribution in [0.5, 0.6) is 0 Å². The van der Waals surface area contributed by atoms with Crippen molar-refractivity contribution in [3.63, 3.8) is 0 Å². The summed E-state index contributed by atoms with van der Waals surface area (Å²) >= 11 is 0. The van der Waals surface area contributed by atoms with Crippen LogP contribution in [0.1, 0.15) is 20.8 Å². The van der Waals surface area contributed by atoms with Crippen LogP contribution in [0.4, 0.5) is 0 Å². The Morgan fingerprint density at radius 2 is 1.80 bits per heavy atom. The molecule has 0 bridgehead atoms. The summed E-state index contributed by atoms with van der Waals surface area (Å²) in [6, 6.07) is 0. The molecular formula is C8H19OP. The molecule has 0 aliphatic carbocycles. The molecule has 0 aromatic heterocycles. The van der Waals surface area contributed by atoms with E-state index >= 15 is 0 Å². The van der Waals surface area contributed by atoms with Gasteiger partial charge in [0.15, 0.2) is 0 Å². The fourth-order valence-electron chi connectivity index (χ4n) is 0.920. The van der Waals surface area contributed by atoms with E-state index < -0.39 is 0 Å². The monoisotopic (exact) mass is 162 g/mol. The summed E-state index contributed by atoms with van der Waals surface area (Å²) in [5.41, 5.74) is 0. The summed E-state index contributed by atoms with van der Waals surface area (Å²) in [6.45, 7) is 6.70. The van der Waals surface area contributed by atoms with Crippen molar-refractivity contribution in [3.8, 4) is 0 Å². The molecule has 1 nitrogen and oxygen atoms in total. The molecule has 2 heteroatoms. The van der Waals surface area contributed by atoms with Gasteiger partial charge in [-0.25, -0.2) is 0 Å². The molecule has 1 unspecified atom stereocenters. The molecule has 62 valence electrons. The average molecular weight is 162 g/mol. The van der Waals surface area contributed by atoms with Crippen molar-refractivity contribution < 1.29 is 4.74 Å². The van der Waals surface area contributed by atoms with Gasteiger partial charge in [-0.3, -0.25) is 0 Å². The predicted molar refractivity (Wildman–Crippen MR) is 49.3 cm³/mol. The van der Waals surface area contributed by atoms with Gasteiger partial charge in [-0.05, 0) is 25.4 Å². The molecule has 0 spiro atoms. The fourth-order valence-corrected chi connectivity index (χ4v) is 2.76. The van der Waals surface area contributed by atoms with E-state index in [0.717, 1.165) is 0 Å². The first-order valence-electron chi connectivity index (χ1n) is 3.99. The Kier molecular flexibility index (Phi) is 6.36. The molecule has 0 rings (SSSR count). The van der Waals surface area contributed by atoms with E-state index in [1.807, 2.05) is 0 Å². The van der Waals surface area contributed by atoms with Crippen molar-refractivity contribution in [3.05, 3.63) is 0 Å². The van der Waals surface area contributed by atoms with Gasteiger partial charge in [0.05, 0.1) is 6.10 Å². The second kappa shape index (κ2) is 6.12. The summed E-state index contributed by atoms with van der Waals surface area (Å²) in [7, 11) is 2.07. The minimum atomic E-state index is 0.274. The summed E-state index contributed by atoms with van der Waals surface area (Å²) in [5, 5.41) is 0. The van der Waals surface area contributed by atoms with Crippen LogP contribution >= 0.6 is 7.92 Å². The number of ether oxygens (including phenoxy) is 1. The lowest BCUT2D eigenvalue weighted by Crippen LogP contribution is -2.10. The topological polar surface area (TPSA) is 9.23 Å². The van der Waals surface area contributed by atoms with Crippen LogP contribution in [0, 0.1) is 0 Å². The molecule has 10 heavy (non-hydrogen) atoms. The second-order valence-corrected chi connectivity index (χ2v) is 5.50. The van der Waals surface area contributed by atoms with E-state index in [1.54, 1.807) is 7.11 Å². The smallest absolute Gasteiger partial charge is 0.0582 e. The first-order valence-corrected chi connectivity index (χ1v) is 5.89. The molecule has 1 atom stereocenters. The van der Waals surface area contributed by atoms with Crippen molar-refractivity contribution in [2.45, 2.75) is 26.9 Å². The Hall–Kier alpha value is 0.390. The molecule has 0 saturated heterocycles. The van der Waals surface area contributed by atoms with E-state index in [0.29, 0.717) is 6.10 Å². The van der Waals surface area contributed by atoms with E-state index in [-0.39, 0.29) is 7.92 Å². The van der Waals surface area contributed by atoms with Crippen molar-refractivity contribution in [2.24, 2.45) is 0 Å². The van der Waals surface area contributed by atoms with Gasteiger partial charge in [0.25, 0.3) is 0 Å². The molecule has 0 saturated carbocycles. The maximum atomic E-state index is 5.20. The third-order valence-electron chi connectivity index (χ3n) is 1.81. The molecule has 0 radical (unpaired) electrons. The molecule has 0 heterocycles. The zero-order chi connectivity index (χ0) is 7.98. The maximum Gasteiger partial charge on any atom is 0.0582 e. The normalized spacial score (nSPS) is 14.1. The van der Waals surface area contributed by atoms with Crippen molar-refractivity contribution in [1.82, 2.24) is 0 Å². The van der Waals surface area contributed by atoms with Crippen LogP contribution in [0.15, 0.2) is 0 Å². The molecule has 0 aliphatic heterocycles. The SMILES string of the molecule is CCP(CC)CC(C)OC. The van der Waals surface area contributed by atoms with Gasteiger partial charge in [-0.1, -0.05) is 13.8 Å². The van der Waals surface area contributed by atoms with Gasteiger partial charge in [-0.2, -0.15) is 0 Å². The number of hydrogen-bond donors (Lipinski definition) is 0. The van der Waals surface area contributed by atoms with E-state index in [4.69, 9.17) is 4.74 Å².